The van der Waals surface area contributed by atoms with Gasteiger partial charge in [-0.1, -0.05) is 32.6 Å². The summed E-state index contributed by atoms with van der Waals surface area (Å²) in [5, 5.41) is 3.11. The van der Waals surface area contributed by atoms with E-state index in [-0.39, 0.29) is 17.5 Å². The fraction of sp³-hybridized carbons (Fsp3) is 0.700. The number of pyridine rings is 1. The normalized spacial score (nSPS) is 18.2. The fourth-order valence-electron chi connectivity index (χ4n) is 4.11. The molecule has 2 aliphatic carbocycles. The number of carbonyl (C=O) groups is 1. The predicted octanol–water partition coefficient (Wildman–Crippen LogP) is 3.59. The van der Waals surface area contributed by atoms with Crippen LogP contribution in [0.2, 0.25) is 0 Å². The molecule has 0 aromatic carbocycles. The summed E-state index contributed by atoms with van der Waals surface area (Å²) in [5.41, 5.74) is 2.66. The van der Waals surface area contributed by atoms with E-state index >= 15 is 0 Å². The van der Waals surface area contributed by atoms with Gasteiger partial charge in [0.15, 0.2) is 0 Å². The van der Waals surface area contributed by atoms with Gasteiger partial charge in [-0.05, 0) is 56.6 Å². The van der Waals surface area contributed by atoms with Crippen LogP contribution in [0.15, 0.2) is 10.9 Å². The number of nitrogens with zero attached hydrogens (tertiary/aromatic N) is 1. The average molecular weight is 330 g/mol. The second-order valence-electron chi connectivity index (χ2n) is 7.36. The van der Waals surface area contributed by atoms with Gasteiger partial charge in [-0.15, -0.1) is 0 Å². The quantitative estimate of drug-likeness (QED) is 0.897. The lowest BCUT2D eigenvalue weighted by molar-refractivity contribution is 0.0925. The van der Waals surface area contributed by atoms with Gasteiger partial charge in [0.05, 0.1) is 0 Å². The van der Waals surface area contributed by atoms with E-state index in [9.17, 15) is 9.59 Å². The molecule has 0 spiro atoms. The molecule has 0 aliphatic heterocycles. The van der Waals surface area contributed by atoms with Crippen molar-refractivity contribution in [2.24, 2.45) is 0 Å². The minimum Gasteiger partial charge on any atom is -0.349 e. The first kappa shape index (κ1) is 17.2. The number of hydrogen-bond donors (Lipinski definition) is 1. The van der Waals surface area contributed by atoms with Gasteiger partial charge in [-0.3, -0.25) is 9.59 Å². The number of rotatable bonds is 5. The number of fused-ring (bicyclic) bond motifs is 1. The zero-order valence-electron chi connectivity index (χ0n) is 14.9. The third kappa shape index (κ3) is 3.73. The van der Waals surface area contributed by atoms with Crippen LogP contribution in [0.1, 0.15) is 86.3 Å². The van der Waals surface area contributed by atoms with Gasteiger partial charge in [0.1, 0.15) is 5.56 Å². The molecule has 4 nitrogen and oxygen atoms in total. The van der Waals surface area contributed by atoms with E-state index < -0.39 is 0 Å². The summed E-state index contributed by atoms with van der Waals surface area (Å²) >= 11 is 0. The highest BCUT2D eigenvalue weighted by molar-refractivity contribution is 5.94. The molecule has 0 bridgehead atoms. The van der Waals surface area contributed by atoms with E-state index in [1.54, 1.807) is 0 Å². The first-order valence-corrected chi connectivity index (χ1v) is 9.77. The van der Waals surface area contributed by atoms with E-state index in [2.05, 4.69) is 12.2 Å². The predicted molar refractivity (Wildman–Crippen MR) is 96.6 cm³/mol. The fourth-order valence-corrected chi connectivity index (χ4v) is 4.11. The van der Waals surface area contributed by atoms with E-state index in [0.717, 1.165) is 57.9 Å². The van der Waals surface area contributed by atoms with Crippen LogP contribution in [0.4, 0.5) is 0 Å². The number of amides is 1. The minimum atomic E-state index is -0.162. The Morgan fingerprint density at radius 1 is 1.17 bits per heavy atom. The van der Waals surface area contributed by atoms with Gasteiger partial charge in [-0.25, -0.2) is 0 Å². The maximum Gasteiger partial charge on any atom is 0.263 e. The Bertz CT molecular complexity index is 642. The molecule has 0 atom stereocenters. The Morgan fingerprint density at radius 2 is 1.92 bits per heavy atom. The zero-order chi connectivity index (χ0) is 16.9. The molecule has 4 heteroatoms. The van der Waals surface area contributed by atoms with E-state index in [0.29, 0.717) is 5.56 Å². The highest BCUT2D eigenvalue weighted by Gasteiger charge is 2.23. The second kappa shape index (κ2) is 8.00. The van der Waals surface area contributed by atoms with Crippen molar-refractivity contribution in [2.45, 2.75) is 90.1 Å². The van der Waals surface area contributed by atoms with Crippen LogP contribution >= 0.6 is 0 Å². The Kier molecular flexibility index (Phi) is 5.75. The standard InChI is InChI=1S/C20H30N2O2/c1-2-3-13-22-18-12-8-7-9-15(18)14-17(20(22)24)19(23)21-16-10-5-4-6-11-16/h14,16H,2-13H2,1H3,(H,21,23). The van der Waals surface area contributed by atoms with Crippen molar-refractivity contribution in [1.29, 1.82) is 0 Å². The third-order valence-electron chi connectivity index (χ3n) is 5.52. The third-order valence-corrected chi connectivity index (χ3v) is 5.52. The summed E-state index contributed by atoms with van der Waals surface area (Å²) in [6.45, 7) is 2.87. The molecule has 0 unspecified atom stereocenters. The molecular formula is C20H30N2O2. The van der Waals surface area contributed by atoms with Crippen molar-refractivity contribution < 1.29 is 4.79 Å². The smallest absolute Gasteiger partial charge is 0.263 e. The molecule has 132 valence electrons. The minimum absolute atomic E-state index is 0.0857. The summed E-state index contributed by atoms with van der Waals surface area (Å²) < 4.78 is 1.90. The van der Waals surface area contributed by atoms with E-state index in [1.165, 1.54) is 30.5 Å². The lowest BCUT2D eigenvalue weighted by atomic mass is 9.93. The van der Waals surface area contributed by atoms with E-state index in [4.69, 9.17) is 0 Å². The zero-order valence-corrected chi connectivity index (χ0v) is 14.9. The summed E-state index contributed by atoms with van der Waals surface area (Å²) in [5.74, 6) is -0.162. The van der Waals surface area contributed by atoms with Crippen molar-refractivity contribution >= 4 is 5.91 Å². The molecular weight excluding hydrogens is 300 g/mol. The van der Waals surface area contributed by atoms with Crippen LogP contribution in [-0.4, -0.2) is 16.5 Å². The van der Waals surface area contributed by atoms with Gasteiger partial charge in [0.2, 0.25) is 0 Å². The van der Waals surface area contributed by atoms with Crippen LogP contribution in [0.25, 0.3) is 0 Å². The lowest BCUT2D eigenvalue weighted by Crippen LogP contribution is -2.41. The van der Waals surface area contributed by atoms with Crippen LogP contribution in [0.3, 0.4) is 0 Å². The molecule has 1 N–H and O–H groups in total. The average Bonchev–Trinajstić information content (AvgIpc) is 2.61. The molecule has 2 aliphatic rings. The number of unbranched alkanes of at least 4 members (excludes halogenated alkanes) is 1. The molecule has 3 rings (SSSR count). The molecule has 0 radical (unpaired) electrons. The maximum atomic E-state index is 12.9. The van der Waals surface area contributed by atoms with Gasteiger partial charge < -0.3 is 9.88 Å². The maximum absolute atomic E-state index is 12.9. The Hall–Kier alpha value is -1.58. The van der Waals surface area contributed by atoms with Crippen LogP contribution in [-0.2, 0) is 19.4 Å². The van der Waals surface area contributed by atoms with Gasteiger partial charge in [0.25, 0.3) is 11.5 Å². The topological polar surface area (TPSA) is 51.1 Å². The number of carbonyl (C=O) groups excluding carboxylic acids is 1. The molecule has 1 heterocycles. The highest BCUT2D eigenvalue weighted by atomic mass is 16.2. The summed E-state index contributed by atoms with van der Waals surface area (Å²) in [7, 11) is 0. The van der Waals surface area contributed by atoms with Crippen LogP contribution in [0, 0.1) is 0 Å². The Balaban J connectivity index is 1.88. The van der Waals surface area contributed by atoms with Gasteiger partial charge >= 0.3 is 0 Å². The molecule has 1 fully saturated rings. The number of nitrogens with one attached hydrogen (secondary N) is 1. The number of aryl methyl sites for hydroxylation is 1. The summed E-state index contributed by atoms with van der Waals surface area (Å²) in [4.78, 5) is 25.7. The van der Waals surface area contributed by atoms with Crippen molar-refractivity contribution in [3.05, 3.63) is 33.2 Å². The monoisotopic (exact) mass is 330 g/mol. The second-order valence-corrected chi connectivity index (χ2v) is 7.36. The van der Waals surface area contributed by atoms with Gasteiger partial charge in [-0.2, -0.15) is 0 Å². The van der Waals surface area contributed by atoms with Crippen LogP contribution < -0.4 is 10.9 Å². The first-order chi connectivity index (χ1) is 11.7. The molecule has 1 amide bonds. The van der Waals surface area contributed by atoms with Crippen molar-refractivity contribution in [3.63, 3.8) is 0 Å². The van der Waals surface area contributed by atoms with Crippen molar-refractivity contribution in [3.8, 4) is 0 Å². The molecule has 24 heavy (non-hydrogen) atoms. The Labute approximate surface area is 144 Å². The molecule has 1 aromatic rings. The summed E-state index contributed by atoms with van der Waals surface area (Å²) in [6.07, 6.45) is 12.0. The van der Waals surface area contributed by atoms with E-state index in [1.807, 2.05) is 10.6 Å². The summed E-state index contributed by atoms with van der Waals surface area (Å²) in [6, 6.07) is 2.13. The molecule has 1 saturated carbocycles. The van der Waals surface area contributed by atoms with Crippen molar-refractivity contribution in [2.75, 3.05) is 0 Å². The molecule has 0 saturated heterocycles. The lowest BCUT2D eigenvalue weighted by Gasteiger charge is -2.25. The largest absolute Gasteiger partial charge is 0.349 e. The number of hydrogen-bond acceptors (Lipinski definition) is 2. The molecule has 1 aromatic heterocycles. The van der Waals surface area contributed by atoms with Crippen molar-refractivity contribution in [1.82, 2.24) is 9.88 Å². The highest BCUT2D eigenvalue weighted by Crippen LogP contribution is 2.22. The van der Waals surface area contributed by atoms with Gasteiger partial charge in [0, 0.05) is 18.3 Å². The number of aromatic nitrogens is 1. The first-order valence-electron chi connectivity index (χ1n) is 9.77. The SMILES string of the molecule is CCCCn1c2c(cc(C(=O)NC3CCCCC3)c1=O)CCCC2. The Morgan fingerprint density at radius 3 is 2.67 bits per heavy atom. The van der Waals surface area contributed by atoms with Crippen LogP contribution in [0.5, 0.6) is 0 Å².